The van der Waals surface area contributed by atoms with Gasteiger partial charge in [0.15, 0.2) is 11.2 Å². The maximum Gasteiger partial charge on any atom is 0.547 e. The van der Waals surface area contributed by atoms with Gasteiger partial charge >= 0.3 is 30.9 Å². The number of fused-ring (bicyclic) bond motifs is 1. The molecule has 1 saturated heterocycles. The molecule has 38 heavy (non-hydrogen) atoms. The quantitative estimate of drug-likeness (QED) is 0.185. The molecule has 0 spiro atoms. The third kappa shape index (κ3) is 5.19. The molecule has 4 rings (SSSR count). The van der Waals surface area contributed by atoms with Crippen molar-refractivity contribution in [3.63, 3.8) is 0 Å². The van der Waals surface area contributed by atoms with Crippen LogP contribution in [0.3, 0.4) is 0 Å². The number of nitrogens with one attached hydrogen (secondary N) is 2. The number of hydrogen-bond acceptors (Lipinski definition) is 11. The minimum absolute atomic E-state index is 0.0433. The number of anilines is 1. The first kappa shape index (κ1) is 26.7. The van der Waals surface area contributed by atoms with E-state index in [4.69, 9.17) is 10.4 Å². The fourth-order valence-electron chi connectivity index (χ4n) is 4.13. The molecule has 2 aliphatic heterocycles. The lowest BCUT2D eigenvalue weighted by Crippen LogP contribution is -2.60. The number of phenolic OH excluding ortho intramolecular Hbond substituents is 1. The molecular formula is C21H23BN6O9S. The van der Waals surface area contributed by atoms with Crippen molar-refractivity contribution in [3.05, 3.63) is 34.3 Å². The van der Waals surface area contributed by atoms with Crippen molar-refractivity contribution in [1.82, 2.24) is 25.4 Å². The van der Waals surface area contributed by atoms with Gasteiger partial charge in [0.25, 0.3) is 0 Å². The number of carboxylic acids is 1. The van der Waals surface area contributed by atoms with Crippen LogP contribution in [0.4, 0.5) is 9.93 Å². The fourth-order valence-corrected chi connectivity index (χ4v) is 4.72. The smallest absolute Gasteiger partial charge is 0.534 e. The van der Waals surface area contributed by atoms with E-state index in [1.165, 1.54) is 16.3 Å². The molecule has 0 bridgehead atoms. The van der Waals surface area contributed by atoms with Crippen LogP contribution >= 0.6 is 11.3 Å². The molecule has 0 saturated carbocycles. The third-order valence-corrected chi connectivity index (χ3v) is 6.72. The van der Waals surface area contributed by atoms with Gasteiger partial charge in [-0.3, -0.25) is 19.3 Å². The summed E-state index contributed by atoms with van der Waals surface area (Å²) in [6.45, 7) is 2.04. The van der Waals surface area contributed by atoms with Gasteiger partial charge in [-0.05, 0) is 31.0 Å². The molecule has 17 heteroatoms. The first-order valence-electron chi connectivity index (χ1n) is 11.4. The monoisotopic (exact) mass is 546 g/mol. The number of likely N-dealkylation sites (N-methyl/N-ethyl adjacent to an activating group) is 1. The summed E-state index contributed by atoms with van der Waals surface area (Å²) in [5, 5.41) is 36.2. The Labute approximate surface area is 219 Å². The molecule has 1 fully saturated rings. The summed E-state index contributed by atoms with van der Waals surface area (Å²) in [7, 11) is -1.67. The van der Waals surface area contributed by atoms with Gasteiger partial charge in [0.1, 0.15) is 17.1 Å². The standard InChI is InChI=1S/C21H23BN6O9S/c1-2-27-3-4-28(18(32)17(27)31)21(35)26-14(12-8-38-20(23)24-12)16(30)25-13-6-9-5-10(29)7-11(19(33)34)15(9)37-22(13)36/h5,7-8,13-14,29,36H,2-4,6H2,1H3,(H2,23,24)(H,25,30)(H,26,35)(H,33,34)/t13-,14?/m0/s1. The lowest BCUT2D eigenvalue weighted by atomic mass is 9.72. The van der Waals surface area contributed by atoms with Gasteiger partial charge in [0.2, 0.25) is 5.91 Å². The number of benzene rings is 1. The predicted octanol–water partition coefficient (Wildman–Crippen LogP) is -1.29. The Morgan fingerprint density at radius 1 is 1.29 bits per heavy atom. The number of urea groups is 1. The van der Waals surface area contributed by atoms with E-state index in [1.54, 1.807) is 6.92 Å². The number of carbonyl (C=O) groups is 5. The second kappa shape index (κ2) is 10.5. The summed E-state index contributed by atoms with van der Waals surface area (Å²) in [6.07, 6.45) is -0.122. The minimum Gasteiger partial charge on any atom is -0.534 e. The fraction of sp³-hybridized carbons (Fsp3) is 0.333. The van der Waals surface area contributed by atoms with E-state index in [9.17, 15) is 39.2 Å². The van der Waals surface area contributed by atoms with Crippen LogP contribution < -0.4 is 21.0 Å². The normalized spacial score (nSPS) is 17.9. The minimum atomic E-state index is -1.67. The molecule has 1 aromatic heterocycles. The van der Waals surface area contributed by atoms with Crippen molar-refractivity contribution < 1.29 is 43.9 Å². The van der Waals surface area contributed by atoms with E-state index in [1.807, 2.05) is 0 Å². The van der Waals surface area contributed by atoms with E-state index in [0.717, 1.165) is 17.4 Å². The predicted molar refractivity (Wildman–Crippen MR) is 131 cm³/mol. The highest BCUT2D eigenvalue weighted by atomic mass is 32.1. The topological polar surface area (TPSA) is 225 Å². The molecule has 3 heterocycles. The molecule has 2 aliphatic rings. The van der Waals surface area contributed by atoms with Gasteiger partial charge < -0.3 is 41.2 Å². The molecule has 2 aromatic rings. The molecule has 15 nitrogen and oxygen atoms in total. The number of hydrogen-bond donors (Lipinski definition) is 6. The Kier molecular flexibility index (Phi) is 7.40. The van der Waals surface area contributed by atoms with Gasteiger partial charge in [-0.1, -0.05) is 0 Å². The Bertz CT molecular complexity index is 1320. The highest BCUT2D eigenvalue weighted by molar-refractivity contribution is 7.13. The Morgan fingerprint density at radius 2 is 2.03 bits per heavy atom. The van der Waals surface area contributed by atoms with Gasteiger partial charge in [-0.2, -0.15) is 0 Å². The van der Waals surface area contributed by atoms with Crippen molar-refractivity contribution in [2.75, 3.05) is 25.4 Å². The second-order valence-electron chi connectivity index (χ2n) is 8.45. The lowest BCUT2D eigenvalue weighted by molar-refractivity contribution is -0.153. The molecule has 5 amide bonds. The number of rotatable bonds is 6. The molecular weight excluding hydrogens is 523 g/mol. The van der Waals surface area contributed by atoms with Gasteiger partial charge in [0, 0.05) is 25.0 Å². The second-order valence-corrected chi connectivity index (χ2v) is 9.34. The number of aromatic hydroxyl groups is 1. The number of amides is 5. The Morgan fingerprint density at radius 3 is 2.66 bits per heavy atom. The van der Waals surface area contributed by atoms with E-state index < -0.39 is 48.8 Å². The summed E-state index contributed by atoms with van der Waals surface area (Å²) < 4.78 is 5.34. The van der Waals surface area contributed by atoms with Crippen LogP contribution in [0.1, 0.15) is 34.6 Å². The van der Waals surface area contributed by atoms with Gasteiger partial charge in [-0.25, -0.2) is 14.6 Å². The van der Waals surface area contributed by atoms with Crippen LogP contribution in [0.15, 0.2) is 17.5 Å². The number of thiazole rings is 1. The number of aromatic nitrogens is 1. The van der Waals surface area contributed by atoms with Crippen molar-refractivity contribution in [2.24, 2.45) is 0 Å². The average molecular weight is 546 g/mol. The van der Waals surface area contributed by atoms with E-state index in [0.29, 0.717) is 11.4 Å². The van der Waals surface area contributed by atoms with Crippen LogP contribution in [0.5, 0.6) is 11.5 Å². The number of nitrogens with two attached hydrogens (primary N) is 1. The Hall–Kier alpha value is -4.38. The first-order valence-corrected chi connectivity index (χ1v) is 12.2. The maximum absolute atomic E-state index is 13.3. The van der Waals surface area contributed by atoms with Gasteiger partial charge in [0.05, 0.1) is 11.6 Å². The average Bonchev–Trinajstić information content (AvgIpc) is 3.29. The Balaban J connectivity index is 1.54. The molecule has 7 N–H and O–H groups in total. The SMILES string of the molecule is CCN1CCN(C(=O)NC(C(=O)N[C@H]2Cc3cc(O)cc(C(=O)O)c3OB2O)c2csc(N)n2)C(=O)C1=O. The zero-order valence-electron chi connectivity index (χ0n) is 19.9. The third-order valence-electron chi connectivity index (χ3n) is 6.03. The van der Waals surface area contributed by atoms with Crippen molar-refractivity contribution in [3.8, 4) is 11.5 Å². The number of piperazine rings is 1. The number of carboxylic acid groups (broad SMARTS) is 1. The van der Waals surface area contributed by atoms with Crippen LogP contribution in [-0.2, 0) is 20.8 Å². The van der Waals surface area contributed by atoms with Crippen molar-refractivity contribution >= 4 is 53.3 Å². The van der Waals surface area contributed by atoms with Crippen molar-refractivity contribution in [2.45, 2.75) is 25.3 Å². The molecule has 1 unspecified atom stereocenters. The van der Waals surface area contributed by atoms with Crippen LogP contribution in [0.25, 0.3) is 0 Å². The number of imide groups is 1. The first-order chi connectivity index (χ1) is 18.0. The number of aromatic carboxylic acids is 1. The van der Waals surface area contributed by atoms with E-state index in [-0.39, 0.29) is 53.0 Å². The number of nitrogens with zero attached hydrogens (tertiary/aromatic N) is 3. The summed E-state index contributed by atoms with van der Waals surface area (Å²) in [4.78, 5) is 68.4. The van der Waals surface area contributed by atoms with Crippen molar-refractivity contribution in [1.29, 1.82) is 0 Å². The highest BCUT2D eigenvalue weighted by Crippen LogP contribution is 2.34. The summed E-state index contributed by atoms with van der Waals surface area (Å²) in [6, 6.07) is -0.272. The van der Waals surface area contributed by atoms with Crippen LogP contribution in [0.2, 0.25) is 0 Å². The largest absolute Gasteiger partial charge is 0.547 e. The zero-order chi connectivity index (χ0) is 27.7. The molecule has 0 radical (unpaired) electrons. The summed E-state index contributed by atoms with van der Waals surface area (Å²) in [5.41, 5.74) is 5.58. The summed E-state index contributed by atoms with van der Waals surface area (Å²) >= 11 is 0.997. The number of nitrogen functional groups attached to an aromatic ring is 1. The van der Waals surface area contributed by atoms with Gasteiger partial charge in [-0.15, -0.1) is 11.3 Å². The molecule has 200 valence electrons. The molecule has 1 aromatic carbocycles. The highest BCUT2D eigenvalue weighted by Gasteiger charge is 2.41. The summed E-state index contributed by atoms with van der Waals surface area (Å²) in [5.74, 6) is -5.76. The number of phenols is 1. The molecule has 0 aliphatic carbocycles. The number of carbonyl (C=O) groups excluding carboxylic acids is 4. The van der Waals surface area contributed by atoms with E-state index in [2.05, 4.69) is 15.6 Å². The molecule has 2 atom stereocenters. The zero-order valence-corrected chi connectivity index (χ0v) is 20.7. The van der Waals surface area contributed by atoms with Crippen LogP contribution in [0, 0.1) is 0 Å². The van der Waals surface area contributed by atoms with Crippen LogP contribution in [-0.4, -0.2) is 92.4 Å². The lowest BCUT2D eigenvalue weighted by Gasteiger charge is -2.33. The van der Waals surface area contributed by atoms with E-state index >= 15 is 0 Å². The maximum atomic E-state index is 13.3.